The highest BCUT2D eigenvalue weighted by Gasteiger charge is 1.93. The molecule has 1 rings (SSSR count). The van der Waals surface area contributed by atoms with E-state index in [-0.39, 0.29) is 5.82 Å². The minimum Gasteiger partial charge on any atom is -0.479 e. The van der Waals surface area contributed by atoms with Crippen LogP contribution in [0.25, 0.3) is 0 Å². The number of hydrogen-bond acceptors (Lipinski definition) is 3. The smallest absolute Gasteiger partial charge is 0.344 e. The lowest BCUT2D eigenvalue weighted by atomic mass is 10.2. The van der Waals surface area contributed by atoms with E-state index in [0.717, 1.165) is 0 Å². The van der Waals surface area contributed by atoms with Gasteiger partial charge in [0, 0.05) is 0 Å². The van der Waals surface area contributed by atoms with Crippen LogP contribution in [-0.4, -0.2) is 23.9 Å². The Labute approximate surface area is 79.6 Å². The Bertz CT molecular complexity index is 334. The topological polar surface area (TPSA) is 58.9 Å². The molecule has 0 radical (unpaired) electrons. The van der Waals surface area contributed by atoms with Gasteiger partial charge in [-0.3, -0.25) is 0 Å². The van der Waals surface area contributed by atoms with Crippen LogP contribution >= 0.6 is 0 Å². The second-order valence-electron chi connectivity index (χ2n) is 2.45. The van der Waals surface area contributed by atoms with E-state index < -0.39 is 12.6 Å². The molecular formula is C9H8FNO3. The van der Waals surface area contributed by atoms with Crippen LogP contribution in [0.15, 0.2) is 29.4 Å². The Morgan fingerprint density at radius 3 is 2.71 bits per heavy atom. The fourth-order valence-corrected chi connectivity index (χ4v) is 0.739. The first-order valence-electron chi connectivity index (χ1n) is 3.81. The molecule has 0 saturated heterocycles. The summed E-state index contributed by atoms with van der Waals surface area (Å²) in [5.41, 5.74) is 0.636. The standard InChI is InChI=1S/C9H8FNO3/c10-8-3-1-7(2-4-8)5-11-14-6-9(12)13/h1-5H,6H2,(H,12,13)/b11-5-. The van der Waals surface area contributed by atoms with E-state index in [4.69, 9.17) is 5.11 Å². The summed E-state index contributed by atoms with van der Waals surface area (Å²) in [5, 5.41) is 11.6. The lowest BCUT2D eigenvalue weighted by molar-refractivity contribution is -0.142. The highest BCUT2D eigenvalue weighted by atomic mass is 19.1. The molecule has 1 aromatic carbocycles. The number of rotatable bonds is 4. The van der Waals surface area contributed by atoms with Crippen molar-refractivity contribution in [2.24, 2.45) is 5.16 Å². The first kappa shape index (κ1) is 10.2. The molecule has 1 aromatic rings. The van der Waals surface area contributed by atoms with Gasteiger partial charge >= 0.3 is 5.97 Å². The van der Waals surface area contributed by atoms with Gasteiger partial charge in [-0.15, -0.1) is 0 Å². The Hall–Kier alpha value is -1.91. The van der Waals surface area contributed by atoms with Gasteiger partial charge in [0.1, 0.15) is 5.82 Å². The van der Waals surface area contributed by atoms with E-state index in [1.54, 1.807) is 0 Å². The third kappa shape index (κ3) is 3.66. The lowest BCUT2D eigenvalue weighted by Crippen LogP contribution is -2.03. The summed E-state index contributed by atoms with van der Waals surface area (Å²) in [6.45, 7) is -0.488. The molecule has 0 heterocycles. The first-order chi connectivity index (χ1) is 6.68. The van der Waals surface area contributed by atoms with Crippen LogP contribution in [0.2, 0.25) is 0 Å². The summed E-state index contributed by atoms with van der Waals surface area (Å²) in [6, 6.07) is 5.56. The van der Waals surface area contributed by atoms with Gasteiger partial charge in [0.25, 0.3) is 0 Å². The molecule has 0 aliphatic carbocycles. The zero-order valence-corrected chi connectivity index (χ0v) is 7.18. The fourth-order valence-electron chi connectivity index (χ4n) is 0.739. The molecule has 0 unspecified atom stereocenters. The first-order valence-corrected chi connectivity index (χ1v) is 3.81. The molecule has 14 heavy (non-hydrogen) atoms. The molecule has 74 valence electrons. The average molecular weight is 197 g/mol. The Kier molecular flexibility index (Phi) is 3.60. The second-order valence-corrected chi connectivity index (χ2v) is 2.45. The Morgan fingerprint density at radius 2 is 2.14 bits per heavy atom. The van der Waals surface area contributed by atoms with Crippen LogP contribution < -0.4 is 0 Å². The molecule has 0 amide bonds. The molecule has 0 saturated carbocycles. The van der Waals surface area contributed by atoms with Crippen LogP contribution in [0.3, 0.4) is 0 Å². The van der Waals surface area contributed by atoms with Crippen LogP contribution in [-0.2, 0) is 9.63 Å². The largest absolute Gasteiger partial charge is 0.479 e. The molecule has 0 bridgehead atoms. The van der Waals surface area contributed by atoms with Crippen molar-refractivity contribution in [1.29, 1.82) is 0 Å². The molecular weight excluding hydrogens is 189 g/mol. The summed E-state index contributed by atoms with van der Waals surface area (Å²) in [5.74, 6) is -1.44. The molecule has 0 spiro atoms. The van der Waals surface area contributed by atoms with E-state index in [1.807, 2.05) is 0 Å². The number of carboxylic acid groups (broad SMARTS) is 1. The summed E-state index contributed by atoms with van der Waals surface area (Å²) >= 11 is 0. The van der Waals surface area contributed by atoms with Crippen LogP contribution in [0.5, 0.6) is 0 Å². The van der Waals surface area contributed by atoms with Crippen molar-refractivity contribution >= 4 is 12.2 Å². The third-order valence-electron chi connectivity index (χ3n) is 1.33. The molecule has 0 atom stereocenters. The minimum absolute atomic E-state index is 0.339. The van der Waals surface area contributed by atoms with Crippen molar-refractivity contribution in [3.05, 3.63) is 35.6 Å². The molecule has 0 fully saturated rings. The number of carboxylic acids is 1. The minimum atomic E-state index is -1.10. The van der Waals surface area contributed by atoms with Gasteiger partial charge in [0.2, 0.25) is 6.61 Å². The highest BCUT2D eigenvalue weighted by Crippen LogP contribution is 1.99. The number of benzene rings is 1. The number of nitrogens with zero attached hydrogens (tertiary/aromatic N) is 1. The number of carbonyl (C=O) groups is 1. The maximum absolute atomic E-state index is 12.4. The fraction of sp³-hybridized carbons (Fsp3) is 0.111. The number of oxime groups is 1. The van der Waals surface area contributed by atoms with Crippen LogP contribution in [0.4, 0.5) is 4.39 Å². The number of halogens is 1. The van der Waals surface area contributed by atoms with Crippen molar-refractivity contribution in [2.45, 2.75) is 0 Å². The lowest BCUT2D eigenvalue weighted by Gasteiger charge is -1.93. The monoisotopic (exact) mass is 197 g/mol. The van der Waals surface area contributed by atoms with E-state index in [0.29, 0.717) is 5.56 Å². The number of hydrogen-bond donors (Lipinski definition) is 1. The van der Waals surface area contributed by atoms with Crippen molar-refractivity contribution < 1.29 is 19.1 Å². The van der Waals surface area contributed by atoms with Gasteiger partial charge < -0.3 is 9.94 Å². The van der Waals surface area contributed by atoms with E-state index >= 15 is 0 Å². The van der Waals surface area contributed by atoms with E-state index in [2.05, 4.69) is 9.99 Å². The third-order valence-corrected chi connectivity index (χ3v) is 1.33. The van der Waals surface area contributed by atoms with Gasteiger partial charge in [0.05, 0.1) is 6.21 Å². The predicted molar refractivity (Wildman–Crippen MR) is 47.6 cm³/mol. The molecule has 5 heteroatoms. The summed E-state index contributed by atoms with van der Waals surface area (Å²) < 4.78 is 12.4. The summed E-state index contributed by atoms with van der Waals surface area (Å²) in [7, 11) is 0. The average Bonchev–Trinajstić information content (AvgIpc) is 2.15. The molecule has 0 aliphatic rings. The van der Waals surface area contributed by atoms with Gasteiger partial charge in [-0.2, -0.15) is 0 Å². The molecule has 0 aliphatic heterocycles. The summed E-state index contributed by atoms with van der Waals surface area (Å²) in [6.07, 6.45) is 1.31. The van der Waals surface area contributed by atoms with Gasteiger partial charge in [0.15, 0.2) is 0 Å². The quantitative estimate of drug-likeness (QED) is 0.584. The van der Waals surface area contributed by atoms with Crippen molar-refractivity contribution in [1.82, 2.24) is 0 Å². The number of aliphatic carboxylic acids is 1. The maximum atomic E-state index is 12.4. The van der Waals surface area contributed by atoms with Gasteiger partial charge in [-0.25, -0.2) is 9.18 Å². The summed E-state index contributed by atoms with van der Waals surface area (Å²) in [4.78, 5) is 14.4. The van der Waals surface area contributed by atoms with Gasteiger partial charge in [-0.05, 0) is 17.7 Å². The van der Waals surface area contributed by atoms with Crippen molar-refractivity contribution in [3.63, 3.8) is 0 Å². The maximum Gasteiger partial charge on any atom is 0.344 e. The predicted octanol–water partition coefficient (Wildman–Crippen LogP) is 1.26. The van der Waals surface area contributed by atoms with E-state index in [1.165, 1.54) is 30.5 Å². The Morgan fingerprint density at radius 1 is 1.50 bits per heavy atom. The normalized spacial score (nSPS) is 10.4. The second kappa shape index (κ2) is 4.96. The zero-order valence-electron chi connectivity index (χ0n) is 7.18. The van der Waals surface area contributed by atoms with E-state index in [9.17, 15) is 9.18 Å². The zero-order chi connectivity index (χ0) is 10.4. The molecule has 1 N–H and O–H groups in total. The highest BCUT2D eigenvalue weighted by molar-refractivity contribution is 5.79. The Balaban J connectivity index is 2.44. The van der Waals surface area contributed by atoms with Crippen molar-refractivity contribution in [3.8, 4) is 0 Å². The van der Waals surface area contributed by atoms with Crippen molar-refractivity contribution in [2.75, 3.05) is 6.61 Å². The van der Waals surface area contributed by atoms with Gasteiger partial charge in [-0.1, -0.05) is 17.3 Å². The van der Waals surface area contributed by atoms with Crippen LogP contribution in [0.1, 0.15) is 5.56 Å². The van der Waals surface area contributed by atoms with Crippen LogP contribution in [0, 0.1) is 5.82 Å². The molecule has 0 aromatic heterocycles. The molecule has 4 nitrogen and oxygen atoms in total. The SMILES string of the molecule is O=C(O)CO/N=C\c1ccc(F)cc1.